The Morgan fingerprint density at radius 2 is 2.06 bits per heavy atom. The van der Waals surface area contributed by atoms with Crippen LogP contribution in [0.5, 0.6) is 5.75 Å². The van der Waals surface area contributed by atoms with Crippen molar-refractivity contribution < 1.29 is 9.90 Å². The lowest BCUT2D eigenvalue weighted by Crippen LogP contribution is -2.46. The molecule has 0 aliphatic heterocycles. The predicted octanol–water partition coefficient (Wildman–Crippen LogP) is 2.95. The average Bonchev–Trinajstić information content (AvgIpc) is 2.30. The minimum Gasteiger partial charge on any atom is -0.507 e. The number of benzene rings is 1. The molecular formula is C13H18BrNO2. The van der Waals surface area contributed by atoms with Crippen LogP contribution >= 0.6 is 15.9 Å². The fourth-order valence-corrected chi connectivity index (χ4v) is 1.74. The van der Waals surface area contributed by atoms with Gasteiger partial charge in [0.05, 0.1) is 5.56 Å². The molecule has 0 aliphatic carbocycles. The van der Waals surface area contributed by atoms with Crippen LogP contribution in [0.15, 0.2) is 18.2 Å². The van der Waals surface area contributed by atoms with E-state index in [-0.39, 0.29) is 17.2 Å². The minimum absolute atomic E-state index is 0.0258. The summed E-state index contributed by atoms with van der Waals surface area (Å²) >= 11 is 3.39. The molecule has 1 aromatic carbocycles. The number of aromatic hydroxyl groups is 1. The van der Waals surface area contributed by atoms with Gasteiger partial charge in [0.15, 0.2) is 0 Å². The highest BCUT2D eigenvalue weighted by molar-refractivity contribution is 9.09. The summed E-state index contributed by atoms with van der Waals surface area (Å²) in [5.74, 6) is -0.145. The number of phenols is 1. The van der Waals surface area contributed by atoms with Crippen LogP contribution in [0.25, 0.3) is 0 Å². The van der Waals surface area contributed by atoms with E-state index in [1.807, 2.05) is 20.8 Å². The SMILES string of the molecule is Cc1ccc(O)c(C(=O)N(C)C(C)(C)CBr)c1. The third kappa shape index (κ3) is 3.00. The number of alkyl halides is 1. The third-order valence-electron chi connectivity index (χ3n) is 2.92. The van der Waals surface area contributed by atoms with Gasteiger partial charge in [-0.15, -0.1) is 0 Å². The van der Waals surface area contributed by atoms with E-state index in [9.17, 15) is 9.90 Å². The van der Waals surface area contributed by atoms with Crippen molar-refractivity contribution in [2.45, 2.75) is 26.3 Å². The molecular weight excluding hydrogens is 282 g/mol. The Morgan fingerprint density at radius 3 is 2.59 bits per heavy atom. The first-order chi connectivity index (χ1) is 7.79. The van der Waals surface area contributed by atoms with E-state index < -0.39 is 0 Å². The molecule has 0 spiro atoms. The lowest BCUT2D eigenvalue weighted by Gasteiger charge is -2.34. The highest BCUT2D eigenvalue weighted by Gasteiger charge is 2.28. The zero-order valence-electron chi connectivity index (χ0n) is 10.6. The highest BCUT2D eigenvalue weighted by Crippen LogP contribution is 2.24. The van der Waals surface area contributed by atoms with Crippen LogP contribution in [0.1, 0.15) is 29.8 Å². The van der Waals surface area contributed by atoms with E-state index in [4.69, 9.17) is 0 Å². The van der Waals surface area contributed by atoms with Gasteiger partial charge in [0.2, 0.25) is 0 Å². The molecule has 0 saturated heterocycles. The fourth-order valence-electron chi connectivity index (χ4n) is 1.37. The number of hydrogen-bond donors (Lipinski definition) is 1. The van der Waals surface area contributed by atoms with Crippen LogP contribution in [-0.2, 0) is 0 Å². The molecule has 0 aromatic heterocycles. The molecule has 0 atom stereocenters. The maximum absolute atomic E-state index is 12.3. The van der Waals surface area contributed by atoms with Crippen molar-refractivity contribution in [1.29, 1.82) is 0 Å². The molecule has 1 N–H and O–H groups in total. The quantitative estimate of drug-likeness (QED) is 0.872. The van der Waals surface area contributed by atoms with Gasteiger partial charge in [-0.05, 0) is 32.9 Å². The van der Waals surface area contributed by atoms with Gasteiger partial charge in [-0.25, -0.2) is 0 Å². The Labute approximate surface area is 111 Å². The van der Waals surface area contributed by atoms with Crippen molar-refractivity contribution in [3.8, 4) is 5.75 Å². The van der Waals surface area contributed by atoms with Crippen molar-refractivity contribution in [3.63, 3.8) is 0 Å². The summed E-state index contributed by atoms with van der Waals surface area (Å²) in [7, 11) is 1.74. The van der Waals surface area contributed by atoms with Gasteiger partial charge in [-0.1, -0.05) is 27.6 Å². The number of halogens is 1. The summed E-state index contributed by atoms with van der Waals surface area (Å²) in [6.07, 6.45) is 0. The van der Waals surface area contributed by atoms with Crippen molar-refractivity contribution >= 4 is 21.8 Å². The van der Waals surface area contributed by atoms with Crippen LogP contribution in [0, 0.1) is 6.92 Å². The second kappa shape index (κ2) is 5.08. The molecule has 0 radical (unpaired) electrons. The van der Waals surface area contributed by atoms with E-state index in [1.54, 1.807) is 30.1 Å². The Morgan fingerprint density at radius 1 is 1.47 bits per heavy atom. The number of amides is 1. The van der Waals surface area contributed by atoms with Gasteiger partial charge in [0, 0.05) is 17.9 Å². The van der Waals surface area contributed by atoms with E-state index in [1.165, 1.54) is 0 Å². The normalized spacial score (nSPS) is 11.4. The summed E-state index contributed by atoms with van der Waals surface area (Å²) in [6, 6.07) is 5.04. The van der Waals surface area contributed by atoms with Crippen molar-refractivity contribution in [3.05, 3.63) is 29.3 Å². The molecule has 94 valence electrons. The van der Waals surface area contributed by atoms with Gasteiger partial charge in [0.1, 0.15) is 5.75 Å². The summed E-state index contributed by atoms with van der Waals surface area (Å²) in [5.41, 5.74) is 1.01. The van der Waals surface area contributed by atoms with Gasteiger partial charge in [-0.2, -0.15) is 0 Å². The molecule has 0 bridgehead atoms. The van der Waals surface area contributed by atoms with E-state index in [0.29, 0.717) is 10.9 Å². The molecule has 0 fully saturated rings. The number of phenolic OH excluding ortho intramolecular Hbond substituents is 1. The van der Waals surface area contributed by atoms with Gasteiger partial charge in [0.25, 0.3) is 5.91 Å². The van der Waals surface area contributed by atoms with Crippen LogP contribution < -0.4 is 0 Å². The zero-order chi connectivity index (χ0) is 13.2. The standard InChI is InChI=1S/C13H18BrNO2/c1-9-5-6-11(16)10(7-9)12(17)15(4)13(2,3)8-14/h5-7,16H,8H2,1-4H3. The van der Waals surface area contributed by atoms with Crippen LogP contribution in [0.2, 0.25) is 0 Å². The molecule has 1 amide bonds. The van der Waals surface area contributed by atoms with E-state index in [0.717, 1.165) is 5.56 Å². The first-order valence-corrected chi connectivity index (χ1v) is 6.55. The molecule has 3 nitrogen and oxygen atoms in total. The number of hydrogen-bond acceptors (Lipinski definition) is 2. The molecule has 0 heterocycles. The molecule has 0 aliphatic rings. The maximum atomic E-state index is 12.3. The topological polar surface area (TPSA) is 40.5 Å². The predicted molar refractivity (Wildman–Crippen MR) is 72.8 cm³/mol. The molecule has 1 aromatic rings. The molecule has 1 rings (SSSR count). The monoisotopic (exact) mass is 299 g/mol. The number of carbonyl (C=O) groups is 1. The molecule has 4 heteroatoms. The fraction of sp³-hybridized carbons (Fsp3) is 0.462. The second-order valence-corrected chi connectivity index (χ2v) is 5.39. The van der Waals surface area contributed by atoms with Crippen molar-refractivity contribution in [1.82, 2.24) is 4.90 Å². The minimum atomic E-state index is -0.298. The summed E-state index contributed by atoms with van der Waals surface area (Å²) in [4.78, 5) is 13.9. The lowest BCUT2D eigenvalue weighted by molar-refractivity contribution is 0.0660. The maximum Gasteiger partial charge on any atom is 0.257 e. The zero-order valence-corrected chi connectivity index (χ0v) is 12.2. The number of aryl methyl sites for hydroxylation is 1. The third-order valence-corrected chi connectivity index (χ3v) is 4.29. The first-order valence-electron chi connectivity index (χ1n) is 5.43. The Balaban J connectivity index is 3.08. The van der Waals surface area contributed by atoms with E-state index in [2.05, 4.69) is 15.9 Å². The average molecular weight is 300 g/mol. The number of carbonyl (C=O) groups excluding carboxylic acids is 1. The van der Waals surface area contributed by atoms with Crippen molar-refractivity contribution in [2.75, 3.05) is 12.4 Å². The van der Waals surface area contributed by atoms with Crippen LogP contribution in [0.3, 0.4) is 0 Å². The van der Waals surface area contributed by atoms with Gasteiger partial charge in [-0.3, -0.25) is 4.79 Å². The molecule has 17 heavy (non-hydrogen) atoms. The first kappa shape index (κ1) is 14.0. The Bertz CT molecular complexity index is 429. The second-order valence-electron chi connectivity index (χ2n) is 4.83. The smallest absolute Gasteiger partial charge is 0.257 e. The van der Waals surface area contributed by atoms with E-state index >= 15 is 0 Å². The molecule has 0 unspecified atom stereocenters. The largest absolute Gasteiger partial charge is 0.507 e. The van der Waals surface area contributed by atoms with Crippen LogP contribution in [0.4, 0.5) is 0 Å². The van der Waals surface area contributed by atoms with Gasteiger partial charge >= 0.3 is 0 Å². The molecule has 0 saturated carbocycles. The number of rotatable bonds is 3. The van der Waals surface area contributed by atoms with Gasteiger partial charge < -0.3 is 10.0 Å². The number of nitrogens with zero attached hydrogens (tertiary/aromatic N) is 1. The Kier molecular flexibility index (Phi) is 4.20. The summed E-state index contributed by atoms with van der Waals surface area (Å²) in [5, 5.41) is 10.4. The van der Waals surface area contributed by atoms with Crippen LogP contribution in [-0.4, -0.2) is 33.8 Å². The highest BCUT2D eigenvalue weighted by atomic mass is 79.9. The van der Waals surface area contributed by atoms with Crippen molar-refractivity contribution in [2.24, 2.45) is 0 Å². The summed E-state index contributed by atoms with van der Waals surface area (Å²) < 4.78 is 0. The Hall–Kier alpha value is -1.03. The summed E-state index contributed by atoms with van der Waals surface area (Å²) in [6.45, 7) is 5.82. The lowest BCUT2D eigenvalue weighted by atomic mass is 10.0.